The van der Waals surface area contributed by atoms with E-state index >= 15 is 0 Å². The van der Waals surface area contributed by atoms with Crippen LogP contribution in [0.2, 0.25) is 0 Å². The Morgan fingerprint density at radius 3 is 2.67 bits per heavy atom. The number of alkyl halides is 3. The monoisotopic (exact) mass is 445 g/mol. The van der Waals surface area contributed by atoms with E-state index in [1.54, 1.807) is 12.1 Å². The van der Waals surface area contributed by atoms with Gasteiger partial charge in [0.15, 0.2) is 9.84 Å². The van der Waals surface area contributed by atoms with Crippen molar-refractivity contribution in [1.29, 1.82) is 0 Å². The molecule has 2 aliphatic rings. The molecule has 0 spiro atoms. The van der Waals surface area contributed by atoms with Crippen LogP contribution in [0.5, 0.6) is 0 Å². The largest absolute Gasteiger partial charge is 0.449 e. The number of hydrogen-bond donors (Lipinski definition) is 0. The molecule has 7 nitrogen and oxygen atoms in total. The maximum absolute atomic E-state index is 13.6. The third-order valence-electron chi connectivity index (χ3n) is 5.60. The van der Waals surface area contributed by atoms with Gasteiger partial charge < -0.3 is 14.2 Å². The van der Waals surface area contributed by atoms with Crippen molar-refractivity contribution in [3.8, 4) is 0 Å². The zero-order valence-electron chi connectivity index (χ0n) is 16.1. The lowest BCUT2D eigenvalue weighted by molar-refractivity contribution is -0.148. The van der Waals surface area contributed by atoms with Crippen molar-refractivity contribution >= 4 is 26.8 Å². The second-order valence-corrected chi connectivity index (χ2v) is 9.97. The summed E-state index contributed by atoms with van der Waals surface area (Å²) in [5.74, 6) is -1.92. The van der Waals surface area contributed by atoms with Gasteiger partial charge in [0.25, 0.3) is 0 Å². The predicted octanol–water partition coefficient (Wildman–Crippen LogP) is 2.25. The molecule has 1 aromatic carbocycles. The van der Waals surface area contributed by atoms with E-state index < -0.39 is 40.3 Å². The van der Waals surface area contributed by atoms with Gasteiger partial charge in [-0.3, -0.25) is 4.79 Å². The maximum Gasteiger partial charge on any atom is 0.449 e. The molecule has 1 aromatic heterocycles. The summed E-state index contributed by atoms with van der Waals surface area (Å²) < 4.78 is 71.0. The number of rotatable bonds is 5. The van der Waals surface area contributed by atoms with E-state index in [-0.39, 0.29) is 41.6 Å². The number of halogens is 3. The quantitative estimate of drug-likeness (QED) is 0.705. The van der Waals surface area contributed by atoms with E-state index in [2.05, 4.69) is 4.98 Å². The molecule has 2 aliphatic heterocycles. The van der Waals surface area contributed by atoms with Crippen molar-refractivity contribution in [3.05, 3.63) is 30.1 Å². The summed E-state index contributed by atoms with van der Waals surface area (Å²) >= 11 is 0. The molecule has 4 rings (SSSR count). The Bertz CT molecular complexity index is 1040. The van der Waals surface area contributed by atoms with Crippen molar-refractivity contribution in [3.63, 3.8) is 0 Å². The SMILES string of the molecule is O=C(Cn1c(C(F)(F)F)nc2ccccc21)N(CC1CCCO1)C1CCS(=O)(=O)C1. The summed E-state index contributed by atoms with van der Waals surface area (Å²) in [6, 6.07) is 5.54. The summed E-state index contributed by atoms with van der Waals surface area (Å²) in [5.41, 5.74) is 0.348. The Kier molecular flexibility index (Phi) is 5.52. The molecule has 2 aromatic rings. The van der Waals surface area contributed by atoms with Gasteiger partial charge in [0.2, 0.25) is 11.7 Å². The fourth-order valence-corrected chi connectivity index (χ4v) is 5.89. The summed E-state index contributed by atoms with van der Waals surface area (Å²) in [6.07, 6.45) is -3.13. The highest BCUT2D eigenvalue weighted by Crippen LogP contribution is 2.32. The van der Waals surface area contributed by atoms with Crippen LogP contribution >= 0.6 is 0 Å². The smallest absolute Gasteiger partial charge is 0.376 e. The van der Waals surface area contributed by atoms with Gasteiger partial charge in [0.05, 0.1) is 28.6 Å². The van der Waals surface area contributed by atoms with Crippen molar-refractivity contribution in [2.24, 2.45) is 0 Å². The normalized spacial score (nSPS) is 23.8. The van der Waals surface area contributed by atoms with Gasteiger partial charge >= 0.3 is 6.18 Å². The van der Waals surface area contributed by atoms with Gasteiger partial charge in [-0.1, -0.05) is 12.1 Å². The van der Waals surface area contributed by atoms with Crippen LogP contribution in [0, 0.1) is 0 Å². The van der Waals surface area contributed by atoms with Crippen LogP contribution < -0.4 is 0 Å². The molecular weight excluding hydrogens is 423 g/mol. The zero-order valence-corrected chi connectivity index (χ0v) is 17.0. The van der Waals surface area contributed by atoms with Crippen LogP contribution in [0.3, 0.4) is 0 Å². The van der Waals surface area contributed by atoms with Crippen LogP contribution in [0.4, 0.5) is 13.2 Å². The Morgan fingerprint density at radius 2 is 2.03 bits per heavy atom. The van der Waals surface area contributed by atoms with Crippen LogP contribution in [0.15, 0.2) is 24.3 Å². The number of ether oxygens (including phenoxy) is 1. The minimum absolute atomic E-state index is 0.0330. The Balaban J connectivity index is 1.65. The number of nitrogens with zero attached hydrogens (tertiary/aromatic N) is 3. The molecule has 0 radical (unpaired) electrons. The first kappa shape index (κ1) is 21.1. The second-order valence-electron chi connectivity index (χ2n) is 7.75. The molecule has 0 bridgehead atoms. The molecule has 1 amide bonds. The van der Waals surface area contributed by atoms with Crippen molar-refractivity contribution < 1.29 is 31.1 Å². The van der Waals surface area contributed by atoms with Gasteiger partial charge in [0.1, 0.15) is 6.54 Å². The number of carbonyl (C=O) groups is 1. The van der Waals surface area contributed by atoms with Crippen molar-refractivity contribution in [2.45, 2.75) is 44.1 Å². The Labute approximate surface area is 171 Å². The van der Waals surface area contributed by atoms with Gasteiger partial charge in [0, 0.05) is 19.2 Å². The Hall–Kier alpha value is -2.14. The molecule has 2 saturated heterocycles. The number of carbonyl (C=O) groups excluding carboxylic acids is 1. The molecule has 30 heavy (non-hydrogen) atoms. The topological polar surface area (TPSA) is 81.5 Å². The average molecular weight is 445 g/mol. The summed E-state index contributed by atoms with van der Waals surface area (Å²) in [4.78, 5) is 18.2. The van der Waals surface area contributed by atoms with E-state index in [1.165, 1.54) is 17.0 Å². The van der Waals surface area contributed by atoms with Crippen LogP contribution in [0.25, 0.3) is 11.0 Å². The molecule has 2 fully saturated rings. The fourth-order valence-electron chi connectivity index (χ4n) is 4.16. The standard InChI is InChI=1S/C19H22F3N3O4S/c20-19(21,22)18-23-15-5-1-2-6-16(15)25(18)11-17(26)24(10-14-4-3-8-29-14)13-7-9-30(27,28)12-13/h1-2,5-6,13-14H,3-4,7-12H2. The minimum atomic E-state index is -4.73. The molecule has 11 heteroatoms. The highest BCUT2D eigenvalue weighted by molar-refractivity contribution is 7.91. The number of para-hydroxylation sites is 2. The average Bonchev–Trinajstić information content (AvgIpc) is 3.38. The number of aromatic nitrogens is 2. The molecule has 2 unspecified atom stereocenters. The third-order valence-corrected chi connectivity index (χ3v) is 7.35. The first-order valence-corrected chi connectivity index (χ1v) is 11.6. The predicted molar refractivity (Wildman–Crippen MR) is 102 cm³/mol. The number of sulfone groups is 1. The lowest BCUT2D eigenvalue weighted by atomic mass is 10.1. The van der Waals surface area contributed by atoms with Crippen LogP contribution in [-0.2, 0) is 32.1 Å². The van der Waals surface area contributed by atoms with Gasteiger partial charge in [-0.15, -0.1) is 0 Å². The second kappa shape index (κ2) is 7.84. The number of imidazole rings is 1. The molecule has 2 atom stereocenters. The van der Waals surface area contributed by atoms with Gasteiger partial charge in [-0.2, -0.15) is 13.2 Å². The third kappa shape index (κ3) is 4.31. The highest BCUT2D eigenvalue weighted by Gasteiger charge is 2.40. The van der Waals surface area contributed by atoms with Crippen LogP contribution in [0.1, 0.15) is 25.1 Å². The molecule has 3 heterocycles. The lowest BCUT2D eigenvalue weighted by Gasteiger charge is -2.31. The zero-order chi connectivity index (χ0) is 21.5. The van der Waals surface area contributed by atoms with Gasteiger partial charge in [-0.05, 0) is 31.4 Å². The number of benzene rings is 1. The van der Waals surface area contributed by atoms with E-state index in [0.29, 0.717) is 6.61 Å². The minimum Gasteiger partial charge on any atom is -0.376 e. The van der Waals surface area contributed by atoms with E-state index in [1.807, 2.05) is 0 Å². The number of amides is 1. The first-order chi connectivity index (χ1) is 14.1. The van der Waals surface area contributed by atoms with Crippen molar-refractivity contribution in [2.75, 3.05) is 24.7 Å². The fraction of sp³-hybridized carbons (Fsp3) is 0.579. The lowest BCUT2D eigenvalue weighted by Crippen LogP contribution is -2.46. The highest BCUT2D eigenvalue weighted by atomic mass is 32.2. The van der Waals surface area contributed by atoms with E-state index in [9.17, 15) is 26.4 Å². The van der Waals surface area contributed by atoms with E-state index in [0.717, 1.165) is 17.4 Å². The molecular formula is C19H22F3N3O4S. The van der Waals surface area contributed by atoms with Crippen LogP contribution in [-0.4, -0.2) is 65.6 Å². The Morgan fingerprint density at radius 1 is 1.27 bits per heavy atom. The number of fused-ring (bicyclic) bond motifs is 1. The van der Waals surface area contributed by atoms with Gasteiger partial charge in [-0.25, -0.2) is 13.4 Å². The summed E-state index contributed by atoms with van der Waals surface area (Å²) in [6.45, 7) is 0.158. The molecule has 164 valence electrons. The van der Waals surface area contributed by atoms with Crippen molar-refractivity contribution in [1.82, 2.24) is 14.5 Å². The molecule has 0 aliphatic carbocycles. The number of hydrogen-bond acceptors (Lipinski definition) is 5. The molecule has 0 saturated carbocycles. The van der Waals surface area contributed by atoms with E-state index in [4.69, 9.17) is 4.74 Å². The molecule has 0 N–H and O–H groups in total. The first-order valence-electron chi connectivity index (χ1n) is 9.78. The maximum atomic E-state index is 13.6. The summed E-state index contributed by atoms with van der Waals surface area (Å²) in [7, 11) is -3.27. The summed E-state index contributed by atoms with van der Waals surface area (Å²) in [5, 5.41) is 0.